The van der Waals surface area contributed by atoms with Gasteiger partial charge in [-0.05, 0) is 64.2 Å². The van der Waals surface area contributed by atoms with E-state index in [9.17, 15) is 0 Å². The number of rotatable bonds is 9. The molecule has 0 aromatic heterocycles. The van der Waals surface area contributed by atoms with Crippen LogP contribution in [0.25, 0.3) is 0 Å². The maximum Gasteiger partial charge on any atom is -0.00161 e. The predicted molar refractivity (Wildman–Crippen MR) is 80.8 cm³/mol. The van der Waals surface area contributed by atoms with Crippen LogP contribution in [0.2, 0.25) is 0 Å². The molecule has 2 N–H and O–H groups in total. The van der Waals surface area contributed by atoms with E-state index in [2.05, 4.69) is 11.8 Å². The third kappa shape index (κ3) is 7.38. The Labute approximate surface area is 114 Å². The van der Waals surface area contributed by atoms with E-state index in [1.165, 1.54) is 83.8 Å². The van der Waals surface area contributed by atoms with Crippen LogP contribution in [0, 0.1) is 5.92 Å². The van der Waals surface area contributed by atoms with Crippen molar-refractivity contribution in [2.45, 2.75) is 71.1 Å². The summed E-state index contributed by atoms with van der Waals surface area (Å²) >= 11 is 0. The van der Waals surface area contributed by atoms with Crippen molar-refractivity contribution in [1.29, 1.82) is 0 Å². The molecule has 0 saturated carbocycles. The minimum atomic E-state index is 0.866. The lowest BCUT2D eigenvalue weighted by Gasteiger charge is -2.20. The van der Waals surface area contributed by atoms with Gasteiger partial charge in [0.15, 0.2) is 0 Å². The first-order chi connectivity index (χ1) is 8.86. The lowest BCUT2D eigenvalue weighted by molar-refractivity contribution is 0.272. The van der Waals surface area contributed by atoms with E-state index in [4.69, 9.17) is 5.73 Å². The molecule has 1 unspecified atom stereocenters. The Balaban J connectivity index is 2.01. The average Bonchev–Trinajstić information content (AvgIpc) is 2.60. The monoisotopic (exact) mass is 254 g/mol. The van der Waals surface area contributed by atoms with Crippen molar-refractivity contribution < 1.29 is 0 Å². The zero-order chi connectivity index (χ0) is 13.1. The topological polar surface area (TPSA) is 29.3 Å². The van der Waals surface area contributed by atoms with E-state index in [0.717, 1.165) is 12.5 Å². The highest BCUT2D eigenvalue weighted by atomic mass is 15.1. The second kappa shape index (κ2) is 10.8. The van der Waals surface area contributed by atoms with Gasteiger partial charge in [0, 0.05) is 0 Å². The lowest BCUT2D eigenvalue weighted by Crippen LogP contribution is -2.26. The van der Waals surface area contributed by atoms with Crippen LogP contribution in [-0.4, -0.2) is 31.1 Å². The number of nitrogens with two attached hydrogens (primary N) is 1. The fourth-order valence-corrected chi connectivity index (χ4v) is 3.16. The van der Waals surface area contributed by atoms with Crippen molar-refractivity contribution in [3.8, 4) is 0 Å². The van der Waals surface area contributed by atoms with E-state index in [1.54, 1.807) is 0 Å². The highest BCUT2D eigenvalue weighted by Gasteiger charge is 2.15. The van der Waals surface area contributed by atoms with Crippen LogP contribution in [-0.2, 0) is 0 Å². The SMILES string of the molecule is CCCC1CCCN(CCCCCCCN)CC1. The van der Waals surface area contributed by atoms with Gasteiger partial charge in [0.25, 0.3) is 0 Å². The number of nitrogens with zero attached hydrogens (tertiary/aromatic N) is 1. The zero-order valence-corrected chi connectivity index (χ0v) is 12.5. The molecule has 0 aromatic carbocycles. The standard InChI is InChI=1S/C16H34N2/c1-2-9-16-10-8-14-18(15-11-16)13-7-5-3-4-6-12-17/h16H,2-15,17H2,1H3. The van der Waals surface area contributed by atoms with E-state index in [0.29, 0.717) is 0 Å². The van der Waals surface area contributed by atoms with Crippen molar-refractivity contribution in [2.24, 2.45) is 11.7 Å². The van der Waals surface area contributed by atoms with Gasteiger partial charge in [-0.25, -0.2) is 0 Å². The largest absolute Gasteiger partial charge is 0.330 e. The molecule has 1 saturated heterocycles. The number of unbranched alkanes of at least 4 members (excludes halogenated alkanes) is 4. The number of hydrogen-bond donors (Lipinski definition) is 1. The molecule has 0 spiro atoms. The van der Waals surface area contributed by atoms with Gasteiger partial charge in [-0.15, -0.1) is 0 Å². The Bertz CT molecular complexity index is 182. The first-order valence-corrected chi connectivity index (χ1v) is 8.29. The molecule has 1 heterocycles. The fraction of sp³-hybridized carbons (Fsp3) is 1.00. The normalized spacial score (nSPS) is 22.0. The fourth-order valence-electron chi connectivity index (χ4n) is 3.16. The van der Waals surface area contributed by atoms with E-state index >= 15 is 0 Å². The molecule has 1 atom stereocenters. The zero-order valence-electron chi connectivity index (χ0n) is 12.5. The molecule has 0 amide bonds. The predicted octanol–water partition coefficient (Wildman–Crippen LogP) is 3.80. The van der Waals surface area contributed by atoms with Crippen molar-refractivity contribution in [3.05, 3.63) is 0 Å². The lowest BCUT2D eigenvalue weighted by atomic mass is 9.96. The Kier molecular flexibility index (Phi) is 9.59. The molecule has 0 bridgehead atoms. The van der Waals surface area contributed by atoms with Gasteiger partial charge in [0.05, 0.1) is 0 Å². The van der Waals surface area contributed by atoms with Crippen LogP contribution in [0.5, 0.6) is 0 Å². The summed E-state index contributed by atoms with van der Waals surface area (Å²) in [6.07, 6.45) is 13.9. The molecule has 1 aliphatic heterocycles. The van der Waals surface area contributed by atoms with Crippen LogP contribution in [0.3, 0.4) is 0 Å². The van der Waals surface area contributed by atoms with Crippen LogP contribution in [0.1, 0.15) is 71.1 Å². The summed E-state index contributed by atoms with van der Waals surface area (Å²) in [5.74, 6) is 1.02. The number of likely N-dealkylation sites (tertiary alicyclic amines) is 1. The van der Waals surface area contributed by atoms with Gasteiger partial charge in [-0.2, -0.15) is 0 Å². The van der Waals surface area contributed by atoms with Crippen LogP contribution in [0.4, 0.5) is 0 Å². The van der Waals surface area contributed by atoms with Crippen LogP contribution < -0.4 is 5.73 Å². The molecule has 2 heteroatoms. The molecule has 0 aromatic rings. The molecule has 108 valence electrons. The third-order valence-corrected chi connectivity index (χ3v) is 4.32. The Morgan fingerprint density at radius 3 is 2.56 bits per heavy atom. The first-order valence-electron chi connectivity index (χ1n) is 8.29. The van der Waals surface area contributed by atoms with Crippen molar-refractivity contribution in [1.82, 2.24) is 4.90 Å². The highest BCUT2D eigenvalue weighted by Crippen LogP contribution is 2.22. The van der Waals surface area contributed by atoms with Gasteiger partial charge >= 0.3 is 0 Å². The van der Waals surface area contributed by atoms with Gasteiger partial charge in [-0.1, -0.05) is 39.0 Å². The molecular formula is C16H34N2. The highest BCUT2D eigenvalue weighted by molar-refractivity contribution is 4.70. The number of hydrogen-bond acceptors (Lipinski definition) is 2. The first kappa shape index (κ1) is 16.0. The summed E-state index contributed by atoms with van der Waals surface area (Å²) in [6, 6.07) is 0. The van der Waals surface area contributed by atoms with Gasteiger partial charge in [0.2, 0.25) is 0 Å². The molecule has 0 radical (unpaired) electrons. The summed E-state index contributed by atoms with van der Waals surface area (Å²) in [5, 5.41) is 0. The van der Waals surface area contributed by atoms with E-state index in [-0.39, 0.29) is 0 Å². The Hall–Kier alpha value is -0.0800. The Morgan fingerprint density at radius 2 is 1.78 bits per heavy atom. The van der Waals surface area contributed by atoms with Crippen LogP contribution in [0.15, 0.2) is 0 Å². The van der Waals surface area contributed by atoms with Gasteiger partial charge < -0.3 is 10.6 Å². The van der Waals surface area contributed by atoms with Crippen molar-refractivity contribution in [3.63, 3.8) is 0 Å². The van der Waals surface area contributed by atoms with E-state index < -0.39 is 0 Å². The average molecular weight is 254 g/mol. The maximum absolute atomic E-state index is 5.51. The molecule has 1 rings (SSSR count). The maximum atomic E-state index is 5.51. The van der Waals surface area contributed by atoms with Crippen molar-refractivity contribution >= 4 is 0 Å². The van der Waals surface area contributed by atoms with Gasteiger partial charge in [-0.3, -0.25) is 0 Å². The molecule has 18 heavy (non-hydrogen) atoms. The minimum Gasteiger partial charge on any atom is -0.330 e. The van der Waals surface area contributed by atoms with Gasteiger partial charge in [0.1, 0.15) is 0 Å². The molecule has 0 aliphatic carbocycles. The quantitative estimate of drug-likeness (QED) is 0.634. The summed E-state index contributed by atoms with van der Waals surface area (Å²) < 4.78 is 0. The molecule has 1 aliphatic rings. The summed E-state index contributed by atoms with van der Waals surface area (Å²) in [6.45, 7) is 7.23. The van der Waals surface area contributed by atoms with Crippen molar-refractivity contribution in [2.75, 3.05) is 26.2 Å². The second-order valence-corrected chi connectivity index (χ2v) is 5.98. The van der Waals surface area contributed by atoms with Crippen LogP contribution >= 0.6 is 0 Å². The second-order valence-electron chi connectivity index (χ2n) is 5.98. The minimum absolute atomic E-state index is 0.866. The Morgan fingerprint density at radius 1 is 1.00 bits per heavy atom. The molecular weight excluding hydrogens is 220 g/mol. The third-order valence-electron chi connectivity index (χ3n) is 4.32. The molecule has 2 nitrogen and oxygen atoms in total. The summed E-state index contributed by atoms with van der Waals surface area (Å²) in [7, 11) is 0. The molecule has 1 fully saturated rings. The van der Waals surface area contributed by atoms with E-state index in [1.807, 2.05) is 0 Å². The smallest absolute Gasteiger partial charge is 0.00161 e. The summed E-state index contributed by atoms with van der Waals surface area (Å²) in [5.41, 5.74) is 5.51. The summed E-state index contributed by atoms with van der Waals surface area (Å²) in [4.78, 5) is 2.71.